The highest BCUT2D eigenvalue weighted by molar-refractivity contribution is 7.90. The third-order valence-corrected chi connectivity index (χ3v) is 9.98. The quantitative estimate of drug-likeness (QED) is 0.176. The Morgan fingerprint density at radius 1 is 0.804 bits per heavy atom. The van der Waals surface area contributed by atoms with Crippen LogP contribution >= 0.6 is 0 Å². The first-order valence-corrected chi connectivity index (χ1v) is 18.2. The maximum absolute atomic E-state index is 14.5. The number of urea groups is 1. The van der Waals surface area contributed by atoms with Crippen molar-refractivity contribution in [1.29, 1.82) is 0 Å². The largest absolute Gasteiger partial charge is 0.350 e. The molecule has 3 atom stereocenters. The molecule has 0 spiro atoms. The van der Waals surface area contributed by atoms with Crippen LogP contribution in [-0.2, 0) is 19.6 Å². The molecule has 1 saturated heterocycles. The van der Waals surface area contributed by atoms with Crippen LogP contribution in [0.1, 0.15) is 72.6 Å². The maximum Gasteiger partial charge on any atom is 0.319 e. The number of hydrogen-bond donors (Lipinski definition) is 4. The zero-order valence-corrected chi connectivity index (χ0v) is 29.9. The van der Waals surface area contributed by atoms with Gasteiger partial charge in [-0.2, -0.15) is 0 Å². The zero-order valence-electron chi connectivity index (χ0n) is 29.1. The Morgan fingerprint density at radius 3 is 2.08 bits per heavy atom. The predicted octanol–water partition coefficient (Wildman–Crippen LogP) is 5.67. The number of hydrogen-bond acceptors (Lipinski definition) is 6. The summed E-state index contributed by atoms with van der Waals surface area (Å²) in [5.74, 6) is -1.89. The second kappa shape index (κ2) is 15.6. The highest BCUT2D eigenvalue weighted by Crippen LogP contribution is 2.40. The molecule has 4 aromatic rings. The van der Waals surface area contributed by atoms with Gasteiger partial charge in [0.2, 0.25) is 11.8 Å². The van der Waals surface area contributed by atoms with Gasteiger partial charge in [0, 0.05) is 5.54 Å². The molecule has 5 amide bonds. The summed E-state index contributed by atoms with van der Waals surface area (Å²) in [4.78, 5) is 56.2. The second-order valence-electron chi connectivity index (χ2n) is 13.7. The van der Waals surface area contributed by atoms with E-state index in [1.54, 1.807) is 18.2 Å². The van der Waals surface area contributed by atoms with Gasteiger partial charge in [-0.3, -0.25) is 14.4 Å². The van der Waals surface area contributed by atoms with E-state index in [-0.39, 0.29) is 40.9 Å². The number of anilines is 1. The molecule has 1 aliphatic rings. The number of carbonyl (C=O) groups excluding carboxylic acids is 4. The van der Waals surface area contributed by atoms with Crippen molar-refractivity contribution in [3.63, 3.8) is 0 Å². The number of rotatable bonds is 9. The minimum absolute atomic E-state index is 0.0378. The fourth-order valence-corrected chi connectivity index (χ4v) is 7.37. The molecule has 5 rings (SSSR count). The lowest BCUT2D eigenvalue weighted by Gasteiger charge is -2.33. The highest BCUT2D eigenvalue weighted by Gasteiger charge is 2.40. The molecule has 11 nitrogen and oxygen atoms in total. The van der Waals surface area contributed by atoms with E-state index in [0.717, 1.165) is 16.7 Å². The van der Waals surface area contributed by atoms with Crippen LogP contribution < -0.4 is 20.7 Å². The lowest BCUT2D eigenvalue weighted by molar-refractivity contribution is -0.139. The molecule has 1 fully saturated rings. The van der Waals surface area contributed by atoms with Crippen molar-refractivity contribution in [3.8, 4) is 0 Å². The third-order valence-electron chi connectivity index (χ3n) is 8.63. The van der Waals surface area contributed by atoms with Gasteiger partial charge >= 0.3 is 6.03 Å². The van der Waals surface area contributed by atoms with Crippen molar-refractivity contribution in [1.82, 2.24) is 20.3 Å². The summed E-state index contributed by atoms with van der Waals surface area (Å²) >= 11 is 0. The van der Waals surface area contributed by atoms with Gasteiger partial charge in [-0.25, -0.2) is 17.9 Å². The van der Waals surface area contributed by atoms with Crippen molar-refractivity contribution >= 4 is 39.5 Å². The second-order valence-corrected chi connectivity index (χ2v) is 15.3. The molecule has 0 radical (unpaired) electrons. The Bertz CT molecular complexity index is 2000. The Kier molecular flexibility index (Phi) is 11.2. The van der Waals surface area contributed by atoms with E-state index in [1.807, 2.05) is 82.3 Å². The Hall–Kier alpha value is -5.49. The molecular weight excluding hydrogens is 667 g/mol. The Morgan fingerprint density at radius 2 is 1.41 bits per heavy atom. The summed E-state index contributed by atoms with van der Waals surface area (Å²) in [6.07, 6.45) is 0.747. The number of nitrogens with zero attached hydrogens (tertiary/aromatic N) is 1. The van der Waals surface area contributed by atoms with E-state index < -0.39 is 45.5 Å². The van der Waals surface area contributed by atoms with E-state index in [2.05, 4.69) is 20.7 Å². The third kappa shape index (κ3) is 9.40. The number of sulfonamides is 1. The molecule has 4 N–H and O–H groups in total. The highest BCUT2D eigenvalue weighted by atomic mass is 32.2. The summed E-state index contributed by atoms with van der Waals surface area (Å²) in [5, 5.41) is 8.41. The molecule has 0 saturated carbocycles. The summed E-state index contributed by atoms with van der Waals surface area (Å²) in [5.41, 5.74) is 2.34. The fourth-order valence-electron chi connectivity index (χ4n) is 6.39. The minimum Gasteiger partial charge on any atom is -0.350 e. The van der Waals surface area contributed by atoms with Gasteiger partial charge < -0.3 is 20.9 Å². The van der Waals surface area contributed by atoms with Crippen LogP contribution in [0, 0.1) is 6.92 Å². The van der Waals surface area contributed by atoms with Crippen molar-refractivity contribution in [2.24, 2.45) is 0 Å². The molecule has 3 unspecified atom stereocenters. The van der Waals surface area contributed by atoms with Crippen molar-refractivity contribution < 1.29 is 27.6 Å². The normalized spacial score (nSPS) is 17.9. The minimum atomic E-state index is -4.19. The predicted molar refractivity (Wildman–Crippen MR) is 195 cm³/mol. The number of para-hydroxylation sites is 1. The summed E-state index contributed by atoms with van der Waals surface area (Å²) in [6.45, 7) is 7.36. The van der Waals surface area contributed by atoms with Crippen LogP contribution in [0.25, 0.3) is 0 Å². The summed E-state index contributed by atoms with van der Waals surface area (Å²) in [7, 11) is -4.19. The van der Waals surface area contributed by atoms with Gasteiger partial charge in [-0.1, -0.05) is 84.9 Å². The fraction of sp³-hybridized carbons (Fsp3) is 0.282. The molecule has 0 aromatic heterocycles. The van der Waals surface area contributed by atoms with Gasteiger partial charge in [-0.05, 0) is 87.4 Å². The number of likely N-dealkylation sites (tertiary alicyclic amines) is 1. The number of amides is 5. The molecule has 1 heterocycles. The average Bonchev–Trinajstić information content (AvgIpc) is 3.21. The van der Waals surface area contributed by atoms with Crippen molar-refractivity contribution in [2.75, 3.05) is 11.9 Å². The van der Waals surface area contributed by atoms with Gasteiger partial charge in [0.25, 0.3) is 15.9 Å². The number of carbonyl (C=O) groups is 4. The van der Waals surface area contributed by atoms with Gasteiger partial charge in [-0.15, -0.1) is 0 Å². The monoisotopic (exact) mass is 709 g/mol. The Balaban J connectivity index is 1.45. The SMILES string of the molecule is Cc1ccccc1C1CC(NC(=O)Nc2ccccc2C(=O)NS(=O)(=O)c2ccccc2)C(=O)N(CC(=O)NC(C)(C)C)C(c2ccccc2)C1. The van der Waals surface area contributed by atoms with Crippen LogP contribution in [0.2, 0.25) is 0 Å². The molecule has 0 bridgehead atoms. The molecule has 0 aliphatic carbocycles. The van der Waals surface area contributed by atoms with Crippen LogP contribution in [0.4, 0.5) is 10.5 Å². The van der Waals surface area contributed by atoms with Crippen LogP contribution in [0.3, 0.4) is 0 Å². The lowest BCUT2D eigenvalue weighted by Crippen LogP contribution is -2.53. The smallest absolute Gasteiger partial charge is 0.319 e. The molecule has 12 heteroatoms. The standard InChI is InChI=1S/C39H43N5O6S/c1-26-15-11-12-20-30(26)28-23-33(37(47)44(25-35(45)42-39(2,3)4)34(24-28)27-16-7-5-8-17-27)41-38(48)40-32-22-14-13-21-31(32)36(46)43-51(49,50)29-18-9-6-10-19-29/h5-22,28,33-34H,23-25H2,1-4H3,(H,42,45)(H,43,46)(H2,40,41,48). The first-order valence-electron chi connectivity index (χ1n) is 16.7. The number of aryl methyl sites for hydroxylation is 1. The average molecular weight is 710 g/mol. The topological polar surface area (TPSA) is 154 Å². The molecular formula is C39H43N5O6S. The van der Waals surface area contributed by atoms with Crippen LogP contribution in [0.15, 0.2) is 114 Å². The molecule has 1 aliphatic heterocycles. The Labute approximate surface area is 298 Å². The van der Waals surface area contributed by atoms with Gasteiger partial charge in [0.15, 0.2) is 0 Å². The first kappa shape index (κ1) is 36.8. The van der Waals surface area contributed by atoms with Crippen molar-refractivity contribution in [2.45, 2.75) is 69.0 Å². The van der Waals surface area contributed by atoms with E-state index in [4.69, 9.17) is 0 Å². The zero-order chi connectivity index (χ0) is 36.8. The molecule has 266 valence electrons. The van der Waals surface area contributed by atoms with Crippen molar-refractivity contribution in [3.05, 3.63) is 131 Å². The van der Waals surface area contributed by atoms with Crippen LogP contribution in [0.5, 0.6) is 0 Å². The van der Waals surface area contributed by atoms with E-state index in [0.29, 0.717) is 6.42 Å². The molecule has 4 aromatic carbocycles. The van der Waals surface area contributed by atoms with E-state index in [9.17, 15) is 27.6 Å². The lowest BCUT2D eigenvalue weighted by atomic mass is 9.84. The number of benzene rings is 4. The van der Waals surface area contributed by atoms with E-state index >= 15 is 0 Å². The van der Waals surface area contributed by atoms with Gasteiger partial charge in [0.05, 0.1) is 22.2 Å². The molecule has 51 heavy (non-hydrogen) atoms. The maximum atomic E-state index is 14.5. The van der Waals surface area contributed by atoms with E-state index in [1.165, 1.54) is 41.3 Å². The van der Waals surface area contributed by atoms with Crippen LogP contribution in [-0.4, -0.2) is 55.2 Å². The first-order chi connectivity index (χ1) is 24.2. The number of nitrogens with one attached hydrogen (secondary N) is 4. The summed E-state index contributed by atoms with van der Waals surface area (Å²) in [6, 6.07) is 28.6. The van der Waals surface area contributed by atoms with Gasteiger partial charge in [0.1, 0.15) is 12.6 Å². The summed E-state index contributed by atoms with van der Waals surface area (Å²) < 4.78 is 27.8.